The highest BCUT2D eigenvalue weighted by Gasteiger charge is 2.53. The number of hydrazine groups is 1. The predicted molar refractivity (Wildman–Crippen MR) is 105 cm³/mol. The maximum Gasteiger partial charge on any atom is 0.409 e. The lowest BCUT2D eigenvalue weighted by Crippen LogP contribution is -2.51. The van der Waals surface area contributed by atoms with E-state index in [2.05, 4.69) is 12.3 Å². The van der Waals surface area contributed by atoms with Gasteiger partial charge in [0.15, 0.2) is 6.04 Å². The lowest BCUT2D eigenvalue weighted by atomic mass is 9.89. The van der Waals surface area contributed by atoms with Gasteiger partial charge in [0.25, 0.3) is 0 Å². The molecule has 1 aliphatic rings. The van der Waals surface area contributed by atoms with Crippen molar-refractivity contribution < 1.29 is 18.0 Å². The summed E-state index contributed by atoms with van der Waals surface area (Å²) in [5, 5.41) is 2.89. The van der Waals surface area contributed by atoms with Crippen molar-refractivity contribution in [3.8, 4) is 0 Å². The highest BCUT2D eigenvalue weighted by atomic mass is 19.4. The van der Waals surface area contributed by atoms with Crippen molar-refractivity contribution in [2.45, 2.75) is 70.6 Å². The number of fused-ring (bicyclic) bond motifs is 1. The molecular weight excluding hydrogens is 365 g/mol. The molecule has 1 heterocycles. The van der Waals surface area contributed by atoms with Crippen LogP contribution in [0.5, 0.6) is 0 Å². The van der Waals surface area contributed by atoms with Crippen molar-refractivity contribution in [1.29, 1.82) is 0 Å². The molecule has 1 N–H and O–H groups in total. The summed E-state index contributed by atoms with van der Waals surface area (Å²) in [5.74, 6) is -0.382. The van der Waals surface area contributed by atoms with E-state index >= 15 is 0 Å². The third-order valence-electron chi connectivity index (χ3n) is 5.46. The van der Waals surface area contributed by atoms with Crippen LogP contribution in [-0.2, 0) is 11.2 Å². The molecule has 0 aromatic heterocycles. The molecule has 0 unspecified atom stereocenters. The third kappa shape index (κ3) is 4.02. The zero-order valence-corrected chi connectivity index (χ0v) is 16.6. The Morgan fingerprint density at radius 2 is 1.86 bits per heavy atom. The molecule has 0 saturated carbocycles. The summed E-state index contributed by atoms with van der Waals surface area (Å²) in [7, 11) is 0. The molecule has 2 aromatic carbocycles. The molecule has 0 radical (unpaired) electrons. The number of benzene rings is 2. The molecule has 1 aliphatic heterocycles. The number of halogens is 3. The zero-order chi connectivity index (χ0) is 20.5. The number of amides is 1. The number of carbonyl (C=O) groups excluding carboxylic acids is 1. The second kappa shape index (κ2) is 7.74. The minimum absolute atomic E-state index is 0.0400. The Balaban J connectivity index is 2.17. The number of nitrogens with one attached hydrogen (secondary N) is 1. The van der Waals surface area contributed by atoms with Gasteiger partial charge in [0.2, 0.25) is 5.91 Å². The lowest BCUT2D eigenvalue weighted by molar-refractivity contribution is -0.204. The zero-order valence-electron chi connectivity index (χ0n) is 16.6. The molecule has 0 aliphatic carbocycles. The average molecular weight is 392 g/mol. The molecule has 28 heavy (non-hydrogen) atoms. The predicted octanol–water partition coefficient (Wildman–Crippen LogP) is 5.69. The molecule has 0 bridgehead atoms. The minimum atomic E-state index is -4.52. The summed E-state index contributed by atoms with van der Waals surface area (Å²) >= 11 is 0. The van der Waals surface area contributed by atoms with Crippen molar-refractivity contribution in [2.75, 3.05) is 0 Å². The first-order valence-electron chi connectivity index (χ1n) is 9.81. The van der Waals surface area contributed by atoms with Crippen LogP contribution in [0.25, 0.3) is 10.8 Å². The molecule has 1 fully saturated rings. The van der Waals surface area contributed by atoms with E-state index in [0.717, 1.165) is 40.6 Å². The first-order chi connectivity index (χ1) is 13.1. The number of rotatable bonds is 6. The van der Waals surface area contributed by atoms with Gasteiger partial charge in [-0.1, -0.05) is 56.2 Å². The second-order valence-corrected chi connectivity index (χ2v) is 8.15. The van der Waals surface area contributed by atoms with E-state index in [1.165, 1.54) is 0 Å². The largest absolute Gasteiger partial charge is 0.409 e. The normalized spacial score (nSPS) is 18.4. The topological polar surface area (TPSA) is 32.3 Å². The molecule has 0 spiro atoms. The fourth-order valence-electron chi connectivity index (χ4n) is 4.12. The standard InChI is InChI=1S/C22H27F3N2O/c1-4-5-6-11-17-16-10-8-7-9-15(16)12-13-18(17)20(22(23,24)25)27-21(2,3)14-19(28)26-27/h7-10,12-13,20H,4-6,11,14H2,1-3H3,(H,26,28)/t20-/m0/s1. The van der Waals surface area contributed by atoms with Crippen LogP contribution < -0.4 is 5.43 Å². The van der Waals surface area contributed by atoms with Gasteiger partial charge >= 0.3 is 6.18 Å². The van der Waals surface area contributed by atoms with E-state index in [0.29, 0.717) is 6.42 Å². The van der Waals surface area contributed by atoms with Gasteiger partial charge in [0, 0.05) is 12.0 Å². The van der Waals surface area contributed by atoms with E-state index in [9.17, 15) is 18.0 Å². The number of alkyl halides is 3. The lowest BCUT2D eigenvalue weighted by Gasteiger charge is -2.39. The van der Waals surface area contributed by atoms with Crippen molar-refractivity contribution >= 4 is 16.7 Å². The maximum absolute atomic E-state index is 14.3. The van der Waals surface area contributed by atoms with E-state index in [1.54, 1.807) is 26.0 Å². The van der Waals surface area contributed by atoms with Crippen LogP contribution >= 0.6 is 0 Å². The minimum Gasteiger partial charge on any atom is -0.287 e. The average Bonchev–Trinajstić information content (AvgIpc) is 2.87. The van der Waals surface area contributed by atoms with E-state index in [-0.39, 0.29) is 17.9 Å². The molecule has 1 saturated heterocycles. The monoisotopic (exact) mass is 392 g/mol. The summed E-state index contributed by atoms with van der Waals surface area (Å²) in [4.78, 5) is 11.9. The first kappa shape index (κ1) is 20.6. The number of aryl methyl sites for hydroxylation is 1. The van der Waals surface area contributed by atoms with E-state index in [1.807, 2.05) is 24.3 Å². The number of unbranched alkanes of at least 4 members (excludes halogenated alkanes) is 2. The SMILES string of the molecule is CCCCCc1c([C@H](N2NC(=O)CC2(C)C)C(F)(F)F)ccc2ccccc12. The Labute approximate surface area is 163 Å². The van der Waals surface area contributed by atoms with Gasteiger partial charge in [-0.25, -0.2) is 0 Å². The number of hydrogen-bond acceptors (Lipinski definition) is 2. The van der Waals surface area contributed by atoms with Crippen LogP contribution in [0.1, 0.15) is 63.6 Å². The van der Waals surface area contributed by atoms with Crippen molar-refractivity contribution in [3.05, 3.63) is 47.5 Å². The highest BCUT2D eigenvalue weighted by Crippen LogP contribution is 2.45. The van der Waals surface area contributed by atoms with Gasteiger partial charge in [-0.05, 0) is 48.6 Å². The fourth-order valence-corrected chi connectivity index (χ4v) is 4.12. The van der Waals surface area contributed by atoms with Crippen LogP contribution in [0.3, 0.4) is 0 Å². The summed E-state index contributed by atoms with van der Waals surface area (Å²) in [6.45, 7) is 5.41. The molecule has 1 atom stereocenters. The van der Waals surface area contributed by atoms with Gasteiger partial charge in [-0.3, -0.25) is 10.2 Å². The first-order valence-corrected chi connectivity index (χ1v) is 9.81. The van der Waals surface area contributed by atoms with Crippen LogP contribution in [0, 0.1) is 0 Å². The summed E-state index contributed by atoms with van der Waals surface area (Å²) in [6, 6.07) is 9.02. The van der Waals surface area contributed by atoms with Gasteiger partial charge in [0.1, 0.15) is 0 Å². The van der Waals surface area contributed by atoms with Gasteiger partial charge < -0.3 is 0 Å². The van der Waals surface area contributed by atoms with Crippen LogP contribution in [0.15, 0.2) is 36.4 Å². The van der Waals surface area contributed by atoms with Gasteiger partial charge in [-0.2, -0.15) is 18.2 Å². The number of nitrogens with zero attached hydrogens (tertiary/aromatic N) is 1. The van der Waals surface area contributed by atoms with Crippen LogP contribution in [0.2, 0.25) is 0 Å². The van der Waals surface area contributed by atoms with Crippen molar-refractivity contribution in [3.63, 3.8) is 0 Å². The quantitative estimate of drug-likeness (QED) is 0.641. The molecule has 152 valence electrons. The summed E-state index contributed by atoms with van der Waals surface area (Å²) in [5.41, 5.74) is 2.50. The van der Waals surface area contributed by atoms with E-state index in [4.69, 9.17) is 0 Å². The maximum atomic E-state index is 14.3. The second-order valence-electron chi connectivity index (χ2n) is 8.15. The highest BCUT2D eigenvalue weighted by molar-refractivity contribution is 5.87. The van der Waals surface area contributed by atoms with Gasteiger partial charge in [-0.15, -0.1) is 0 Å². The Bertz CT molecular complexity index is 860. The molecule has 3 rings (SSSR count). The van der Waals surface area contributed by atoms with Gasteiger partial charge in [0.05, 0.1) is 0 Å². The molecule has 2 aromatic rings. The number of carbonyl (C=O) groups is 1. The molecule has 3 nitrogen and oxygen atoms in total. The van der Waals surface area contributed by atoms with E-state index < -0.39 is 17.8 Å². The Kier molecular flexibility index (Phi) is 5.71. The van der Waals surface area contributed by atoms with Crippen molar-refractivity contribution in [2.24, 2.45) is 0 Å². The molecule has 6 heteroatoms. The van der Waals surface area contributed by atoms with Crippen LogP contribution in [0.4, 0.5) is 13.2 Å². The summed E-state index contributed by atoms with van der Waals surface area (Å²) < 4.78 is 42.9. The Hall–Kier alpha value is -2.08. The van der Waals surface area contributed by atoms with Crippen molar-refractivity contribution in [1.82, 2.24) is 10.4 Å². The Morgan fingerprint density at radius 3 is 2.46 bits per heavy atom. The number of hydrogen-bond donors (Lipinski definition) is 1. The van der Waals surface area contributed by atoms with Crippen LogP contribution in [-0.4, -0.2) is 22.6 Å². The fraction of sp³-hybridized carbons (Fsp3) is 0.500. The smallest absolute Gasteiger partial charge is 0.287 e. The summed E-state index contributed by atoms with van der Waals surface area (Å²) in [6.07, 6.45) is -1.10. The molecular formula is C22H27F3N2O. The third-order valence-corrected chi connectivity index (χ3v) is 5.46. The Morgan fingerprint density at radius 1 is 1.14 bits per heavy atom. The molecule has 1 amide bonds.